The number of nitrogens with zero attached hydrogens (tertiary/aromatic N) is 2. The fourth-order valence-corrected chi connectivity index (χ4v) is 3.06. The number of nitrogen functional groups attached to an aromatic ring is 1. The number of hydrazine groups is 1. The molecule has 5 nitrogen and oxygen atoms in total. The summed E-state index contributed by atoms with van der Waals surface area (Å²) in [6, 6.07) is 8.29. The predicted molar refractivity (Wildman–Crippen MR) is 78.1 cm³/mol. The van der Waals surface area contributed by atoms with E-state index in [0.717, 1.165) is 36.8 Å². The standard InChI is InChI=1S/C13H18N4OS/c14-11-3-1-10(2-4-11)9-19-17-6-5-16(17)13(8-18)12-7-15-12/h1-4,8,12,15,18H,5-7,9,14H2/b13-8-. The van der Waals surface area contributed by atoms with Gasteiger partial charge in [-0.15, -0.1) is 0 Å². The normalized spacial score (nSPS) is 23.3. The molecule has 102 valence electrons. The zero-order valence-electron chi connectivity index (χ0n) is 10.6. The number of benzene rings is 1. The van der Waals surface area contributed by atoms with Gasteiger partial charge in [0.1, 0.15) is 6.26 Å². The van der Waals surface area contributed by atoms with Crippen molar-refractivity contribution in [2.45, 2.75) is 11.8 Å². The van der Waals surface area contributed by atoms with Crippen LogP contribution in [0.5, 0.6) is 0 Å². The molecule has 0 amide bonds. The number of aliphatic hydroxyl groups is 1. The van der Waals surface area contributed by atoms with E-state index in [1.54, 1.807) is 11.9 Å². The summed E-state index contributed by atoms with van der Waals surface area (Å²) in [6.07, 6.45) is 1.22. The van der Waals surface area contributed by atoms with Gasteiger partial charge in [0.25, 0.3) is 0 Å². The first-order valence-electron chi connectivity index (χ1n) is 6.38. The van der Waals surface area contributed by atoms with Crippen molar-refractivity contribution in [1.29, 1.82) is 0 Å². The Balaban J connectivity index is 1.54. The Bertz CT molecular complexity index is 472. The molecule has 1 atom stereocenters. The lowest BCUT2D eigenvalue weighted by molar-refractivity contribution is 0.0128. The van der Waals surface area contributed by atoms with Crippen LogP contribution in [-0.2, 0) is 5.75 Å². The summed E-state index contributed by atoms with van der Waals surface area (Å²) in [5.41, 5.74) is 8.69. The third kappa shape index (κ3) is 2.80. The lowest BCUT2D eigenvalue weighted by Crippen LogP contribution is -2.53. The zero-order chi connectivity index (χ0) is 13.2. The highest BCUT2D eigenvalue weighted by molar-refractivity contribution is 7.96. The van der Waals surface area contributed by atoms with Gasteiger partial charge in [0.05, 0.1) is 18.3 Å². The van der Waals surface area contributed by atoms with Crippen LogP contribution in [0.2, 0.25) is 0 Å². The van der Waals surface area contributed by atoms with Gasteiger partial charge in [-0.2, -0.15) is 4.41 Å². The lowest BCUT2D eigenvalue weighted by atomic mass is 10.2. The molecular weight excluding hydrogens is 260 g/mol. The van der Waals surface area contributed by atoms with E-state index in [2.05, 4.69) is 26.9 Å². The van der Waals surface area contributed by atoms with Crippen LogP contribution in [0.25, 0.3) is 0 Å². The van der Waals surface area contributed by atoms with E-state index in [1.807, 2.05) is 12.1 Å². The molecule has 19 heavy (non-hydrogen) atoms. The van der Waals surface area contributed by atoms with Crippen LogP contribution in [0.15, 0.2) is 36.2 Å². The molecule has 0 radical (unpaired) electrons. The monoisotopic (exact) mass is 278 g/mol. The van der Waals surface area contributed by atoms with Crippen molar-refractivity contribution in [1.82, 2.24) is 14.7 Å². The summed E-state index contributed by atoms with van der Waals surface area (Å²) in [4.78, 5) is 0. The molecule has 2 fully saturated rings. The molecule has 3 rings (SSSR count). The Hall–Kier alpha value is -1.37. The summed E-state index contributed by atoms with van der Waals surface area (Å²) in [6.45, 7) is 2.95. The topological polar surface area (TPSA) is 74.7 Å². The molecule has 0 aromatic heterocycles. The molecular formula is C13H18N4OS. The summed E-state index contributed by atoms with van der Waals surface area (Å²) >= 11 is 1.76. The van der Waals surface area contributed by atoms with Crippen LogP contribution < -0.4 is 11.1 Å². The van der Waals surface area contributed by atoms with Gasteiger partial charge in [-0.05, 0) is 17.7 Å². The van der Waals surface area contributed by atoms with E-state index in [0.29, 0.717) is 6.04 Å². The first-order valence-corrected chi connectivity index (χ1v) is 7.32. The molecule has 1 aromatic carbocycles. The summed E-state index contributed by atoms with van der Waals surface area (Å²) in [5.74, 6) is 0.910. The van der Waals surface area contributed by atoms with Crippen molar-refractivity contribution in [3.8, 4) is 0 Å². The molecule has 2 heterocycles. The molecule has 2 saturated heterocycles. The summed E-state index contributed by atoms with van der Waals surface area (Å²) in [5, 5.41) is 14.7. The van der Waals surface area contributed by atoms with Crippen LogP contribution in [0.1, 0.15) is 5.56 Å². The molecule has 0 aliphatic carbocycles. The minimum atomic E-state index is 0.324. The van der Waals surface area contributed by atoms with E-state index in [1.165, 1.54) is 11.8 Å². The zero-order valence-corrected chi connectivity index (χ0v) is 11.4. The van der Waals surface area contributed by atoms with E-state index < -0.39 is 0 Å². The first kappa shape index (κ1) is 12.7. The SMILES string of the molecule is Nc1ccc(CSN2CCN2/C(=C\O)C2CN2)cc1. The van der Waals surface area contributed by atoms with Crippen LogP contribution in [0, 0.1) is 0 Å². The van der Waals surface area contributed by atoms with E-state index in [9.17, 15) is 5.11 Å². The van der Waals surface area contributed by atoms with Gasteiger partial charge >= 0.3 is 0 Å². The smallest absolute Gasteiger partial charge is 0.101 e. The molecule has 1 unspecified atom stereocenters. The highest BCUT2D eigenvalue weighted by Gasteiger charge is 2.36. The highest BCUT2D eigenvalue weighted by atomic mass is 32.2. The minimum absolute atomic E-state index is 0.324. The third-order valence-corrected chi connectivity index (χ3v) is 4.47. The quantitative estimate of drug-likeness (QED) is 0.326. The maximum absolute atomic E-state index is 9.31. The van der Waals surface area contributed by atoms with E-state index >= 15 is 0 Å². The van der Waals surface area contributed by atoms with Gasteiger partial charge in [0.2, 0.25) is 0 Å². The summed E-state index contributed by atoms with van der Waals surface area (Å²) < 4.78 is 2.19. The molecule has 2 aliphatic rings. The molecule has 2 aliphatic heterocycles. The number of rotatable bonds is 5. The van der Waals surface area contributed by atoms with Crippen LogP contribution in [0.4, 0.5) is 5.69 Å². The van der Waals surface area contributed by atoms with Crippen LogP contribution >= 0.6 is 11.9 Å². The number of aliphatic hydroxyl groups excluding tert-OH is 1. The second kappa shape index (κ2) is 5.32. The number of hydrogen-bond acceptors (Lipinski definition) is 6. The van der Waals surface area contributed by atoms with Gasteiger partial charge < -0.3 is 16.2 Å². The Morgan fingerprint density at radius 3 is 2.68 bits per heavy atom. The fourth-order valence-electron chi connectivity index (χ4n) is 2.04. The second-order valence-electron chi connectivity index (χ2n) is 4.73. The van der Waals surface area contributed by atoms with Gasteiger partial charge in [0, 0.05) is 24.5 Å². The Morgan fingerprint density at radius 2 is 2.16 bits per heavy atom. The number of nitrogens with one attached hydrogen (secondary N) is 1. The maximum Gasteiger partial charge on any atom is 0.101 e. The van der Waals surface area contributed by atoms with Crippen LogP contribution in [0.3, 0.4) is 0 Å². The van der Waals surface area contributed by atoms with Crippen molar-refractivity contribution in [2.75, 3.05) is 25.4 Å². The second-order valence-corrected chi connectivity index (χ2v) is 5.70. The molecule has 4 N–H and O–H groups in total. The average Bonchev–Trinajstić information content (AvgIpc) is 3.21. The predicted octanol–water partition coefficient (Wildman–Crippen LogP) is 1.32. The average molecular weight is 278 g/mol. The van der Waals surface area contributed by atoms with Crippen molar-refractivity contribution < 1.29 is 5.11 Å². The van der Waals surface area contributed by atoms with Gasteiger partial charge in [0.15, 0.2) is 0 Å². The molecule has 0 saturated carbocycles. The lowest BCUT2D eigenvalue weighted by Gasteiger charge is -2.45. The molecule has 0 spiro atoms. The Kier molecular flexibility index (Phi) is 3.54. The van der Waals surface area contributed by atoms with E-state index in [4.69, 9.17) is 5.73 Å². The Labute approximate surface area is 117 Å². The van der Waals surface area contributed by atoms with Crippen LogP contribution in [-0.4, -0.2) is 40.2 Å². The minimum Gasteiger partial charge on any atom is -0.514 e. The number of hydrogen-bond donors (Lipinski definition) is 3. The Morgan fingerprint density at radius 1 is 1.42 bits per heavy atom. The van der Waals surface area contributed by atoms with Crippen molar-refractivity contribution in [3.05, 3.63) is 41.8 Å². The largest absolute Gasteiger partial charge is 0.514 e. The van der Waals surface area contributed by atoms with Crippen molar-refractivity contribution in [2.24, 2.45) is 0 Å². The maximum atomic E-state index is 9.31. The van der Waals surface area contributed by atoms with Crippen molar-refractivity contribution >= 4 is 17.6 Å². The van der Waals surface area contributed by atoms with Crippen molar-refractivity contribution in [3.63, 3.8) is 0 Å². The molecule has 6 heteroatoms. The van der Waals surface area contributed by atoms with Gasteiger partial charge in [-0.3, -0.25) is 5.01 Å². The first-order chi connectivity index (χ1) is 9.28. The van der Waals surface area contributed by atoms with E-state index in [-0.39, 0.29) is 0 Å². The number of nitrogens with two attached hydrogens (primary N) is 1. The highest BCUT2D eigenvalue weighted by Crippen LogP contribution is 2.30. The third-order valence-electron chi connectivity index (χ3n) is 3.33. The molecule has 1 aromatic rings. The molecule has 0 bridgehead atoms. The van der Waals surface area contributed by atoms with Gasteiger partial charge in [-0.1, -0.05) is 24.1 Å². The number of anilines is 1. The summed E-state index contributed by atoms with van der Waals surface area (Å²) in [7, 11) is 0. The van der Waals surface area contributed by atoms with Gasteiger partial charge in [-0.25, -0.2) is 0 Å². The fraction of sp³-hybridized carbons (Fsp3) is 0.385.